The summed E-state index contributed by atoms with van der Waals surface area (Å²) < 4.78 is 0. The minimum Gasteiger partial charge on any atom is -0.390 e. The molecule has 2 aliphatic heterocycles. The number of aliphatic hydroxyl groups is 1. The van der Waals surface area contributed by atoms with Gasteiger partial charge in [-0.15, -0.1) is 0 Å². The van der Waals surface area contributed by atoms with Gasteiger partial charge in [0.15, 0.2) is 0 Å². The van der Waals surface area contributed by atoms with Crippen LogP contribution in [0.3, 0.4) is 0 Å². The summed E-state index contributed by atoms with van der Waals surface area (Å²) in [5.41, 5.74) is 1.84. The number of benzene rings is 2. The van der Waals surface area contributed by atoms with E-state index in [1.54, 1.807) is 24.3 Å². The highest BCUT2D eigenvalue weighted by Crippen LogP contribution is 2.26. The van der Waals surface area contributed by atoms with Crippen LogP contribution < -0.4 is 4.90 Å². The Morgan fingerprint density at radius 1 is 0.857 bits per heavy atom. The second-order valence-electron chi connectivity index (χ2n) is 7.16. The summed E-state index contributed by atoms with van der Waals surface area (Å²) in [6, 6.07) is 14.6. The lowest BCUT2D eigenvalue weighted by Gasteiger charge is -2.37. The fraction of sp³-hybridized carbons (Fsp3) is 0.333. The van der Waals surface area contributed by atoms with Crippen molar-refractivity contribution < 1.29 is 14.7 Å². The maximum absolute atomic E-state index is 12.4. The van der Waals surface area contributed by atoms with Crippen molar-refractivity contribution >= 4 is 29.1 Å². The average Bonchev–Trinajstić information content (AvgIpc) is 2.94. The smallest absolute Gasteiger partial charge is 0.261 e. The average molecular weight is 400 g/mol. The van der Waals surface area contributed by atoms with Crippen molar-refractivity contribution in [2.75, 3.05) is 44.2 Å². The number of piperazine rings is 1. The van der Waals surface area contributed by atoms with Crippen LogP contribution in [0.5, 0.6) is 0 Å². The third kappa shape index (κ3) is 3.63. The van der Waals surface area contributed by atoms with Gasteiger partial charge in [0.2, 0.25) is 0 Å². The molecular weight excluding hydrogens is 378 g/mol. The van der Waals surface area contributed by atoms with Crippen LogP contribution in [0.4, 0.5) is 5.69 Å². The topological polar surface area (TPSA) is 64.1 Å². The molecular formula is C21H22ClN3O3. The number of para-hydroxylation sites is 1. The van der Waals surface area contributed by atoms with Crippen molar-refractivity contribution in [3.8, 4) is 0 Å². The molecule has 1 atom stereocenters. The molecule has 2 aromatic rings. The normalized spacial score (nSPS) is 18.5. The molecule has 1 unspecified atom stereocenters. The van der Waals surface area contributed by atoms with Crippen molar-refractivity contribution in [3.05, 3.63) is 64.7 Å². The number of hydrogen-bond donors (Lipinski definition) is 1. The Morgan fingerprint density at radius 2 is 1.43 bits per heavy atom. The van der Waals surface area contributed by atoms with Crippen LogP contribution in [-0.4, -0.2) is 72.1 Å². The number of carbonyl (C=O) groups is 2. The quantitative estimate of drug-likeness (QED) is 0.780. The number of fused-ring (bicyclic) bond motifs is 1. The number of nitrogens with zero attached hydrogens (tertiary/aromatic N) is 3. The van der Waals surface area contributed by atoms with Gasteiger partial charge in [0.05, 0.1) is 34.5 Å². The van der Waals surface area contributed by atoms with Crippen molar-refractivity contribution in [3.63, 3.8) is 0 Å². The Morgan fingerprint density at radius 3 is 2.04 bits per heavy atom. The molecule has 0 bridgehead atoms. The second-order valence-corrected chi connectivity index (χ2v) is 7.57. The molecule has 4 rings (SSSR count). The van der Waals surface area contributed by atoms with E-state index in [2.05, 4.69) is 9.80 Å². The van der Waals surface area contributed by atoms with Gasteiger partial charge in [0, 0.05) is 32.7 Å². The minimum atomic E-state index is -0.783. The molecule has 0 radical (unpaired) electrons. The summed E-state index contributed by atoms with van der Waals surface area (Å²) in [6.45, 7) is 3.61. The first-order valence-electron chi connectivity index (χ1n) is 9.39. The summed E-state index contributed by atoms with van der Waals surface area (Å²) in [6.07, 6.45) is -0.783. The van der Waals surface area contributed by atoms with Crippen LogP contribution in [0.15, 0.2) is 48.5 Å². The number of aliphatic hydroxyl groups excluding tert-OH is 1. The zero-order valence-electron chi connectivity index (χ0n) is 15.4. The molecule has 2 heterocycles. The molecule has 2 amide bonds. The Kier molecular flexibility index (Phi) is 5.35. The zero-order valence-corrected chi connectivity index (χ0v) is 16.2. The molecule has 1 fully saturated rings. The van der Waals surface area contributed by atoms with Gasteiger partial charge in [-0.25, -0.2) is 0 Å². The van der Waals surface area contributed by atoms with E-state index >= 15 is 0 Å². The van der Waals surface area contributed by atoms with E-state index in [1.807, 2.05) is 24.3 Å². The number of β-amino-alcohol motifs (C(OH)–C–C–N with tert-alkyl or cyclic N) is 1. The standard InChI is InChI=1S/C21H22ClN3O3/c22-18-7-3-4-8-19(18)24-11-9-23(10-12-24)13-15(26)14-25-20(27)16-5-1-2-6-17(16)21(25)28/h1-8,15,26H,9-14H2. The van der Waals surface area contributed by atoms with Gasteiger partial charge >= 0.3 is 0 Å². The van der Waals surface area contributed by atoms with Crippen LogP contribution >= 0.6 is 11.6 Å². The third-order valence-corrected chi connectivity index (χ3v) is 5.63. The van der Waals surface area contributed by atoms with Crippen molar-refractivity contribution in [1.29, 1.82) is 0 Å². The molecule has 0 spiro atoms. The number of rotatable bonds is 5. The highest BCUT2D eigenvalue weighted by Gasteiger charge is 2.36. The van der Waals surface area contributed by atoms with E-state index < -0.39 is 6.10 Å². The van der Waals surface area contributed by atoms with Gasteiger partial charge < -0.3 is 10.0 Å². The zero-order chi connectivity index (χ0) is 19.7. The summed E-state index contributed by atoms with van der Waals surface area (Å²) in [5.74, 6) is -0.661. The monoisotopic (exact) mass is 399 g/mol. The molecule has 0 aliphatic carbocycles. The van der Waals surface area contributed by atoms with E-state index in [1.165, 1.54) is 0 Å². The van der Waals surface area contributed by atoms with E-state index in [4.69, 9.17) is 11.6 Å². The summed E-state index contributed by atoms with van der Waals surface area (Å²) in [7, 11) is 0. The van der Waals surface area contributed by atoms with Gasteiger partial charge in [-0.05, 0) is 24.3 Å². The SMILES string of the molecule is O=C1c2ccccc2C(=O)N1CC(O)CN1CCN(c2ccccc2Cl)CC1. The van der Waals surface area contributed by atoms with E-state index in [0.29, 0.717) is 17.7 Å². The highest BCUT2D eigenvalue weighted by molar-refractivity contribution is 6.33. The van der Waals surface area contributed by atoms with Crippen LogP contribution in [-0.2, 0) is 0 Å². The van der Waals surface area contributed by atoms with Crippen LogP contribution in [0, 0.1) is 0 Å². The lowest BCUT2D eigenvalue weighted by atomic mass is 10.1. The maximum Gasteiger partial charge on any atom is 0.261 e. The first-order valence-corrected chi connectivity index (χ1v) is 9.77. The number of anilines is 1. The maximum atomic E-state index is 12.4. The first kappa shape index (κ1) is 18.9. The lowest BCUT2D eigenvalue weighted by Crippen LogP contribution is -2.50. The summed E-state index contributed by atoms with van der Waals surface area (Å²) >= 11 is 6.27. The molecule has 2 aromatic carbocycles. The van der Waals surface area contributed by atoms with Gasteiger partial charge in [0.1, 0.15) is 0 Å². The molecule has 28 heavy (non-hydrogen) atoms. The van der Waals surface area contributed by atoms with Crippen molar-refractivity contribution in [1.82, 2.24) is 9.80 Å². The summed E-state index contributed by atoms with van der Waals surface area (Å²) in [4.78, 5) is 30.4. The van der Waals surface area contributed by atoms with Crippen LogP contribution in [0.2, 0.25) is 5.02 Å². The van der Waals surface area contributed by atoms with E-state index in [0.717, 1.165) is 41.8 Å². The molecule has 2 aliphatic rings. The van der Waals surface area contributed by atoms with Gasteiger partial charge in [0.25, 0.3) is 11.8 Å². The first-order chi connectivity index (χ1) is 13.5. The molecule has 146 valence electrons. The summed E-state index contributed by atoms with van der Waals surface area (Å²) in [5, 5.41) is 11.2. The largest absolute Gasteiger partial charge is 0.390 e. The number of carbonyl (C=O) groups excluding carboxylic acids is 2. The van der Waals surface area contributed by atoms with Gasteiger partial charge in [-0.2, -0.15) is 0 Å². The molecule has 0 aromatic heterocycles. The van der Waals surface area contributed by atoms with E-state index in [-0.39, 0.29) is 18.4 Å². The van der Waals surface area contributed by atoms with E-state index in [9.17, 15) is 14.7 Å². The Hall–Kier alpha value is -2.41. The second kappa shape index (κ2) is 7.91. The molecule has 6 nitrogen and oxygen atoms in total. The molecule has 0 saturated carbocycles. The Bertz CT molecular complexity index is 861. The van der Waals surface area contributed by atoms with Crippen molar-refractivity contribution in [2.45, 2.75) is 6.10 Å². The van der Waals surface area contributed by atoms with Gasteiger partial charge in [-0.3, -0.25) is 19.4 Å². The van der Waals surface area contributed by atoms with Crippen LogP contribution in [0.1, 0.15) is 20.7 Å². The molecule has 1 saturated heterocycles. The Labute approximate surface area is 168 Å². The fourth-order valence-corrected chi connectivity index (χ4v) is 4.11. The Balaban J connectivity index is 1.31. The molecule has 1 N–H and O–H groups in total. The van der Waals surface area contributed by atoms with Gasteiger partial charge in [-0.1, -0.05) is 35.9 Å². The minimum absolute atomic E-state index is 0.0110. The number of amides is 2. The highest BCUT2D eigenvalue weighted by atomic mass is 35.5. The van der Waals surface area contributed by atoms with Crippen LogP contribution in [0.25, 0.3) is 0 Å². The lowest BCUT2D eigenvalue weighted by molar-refractivity contribution is 0.0469. The molecule has 7 heteroatoms. The third-order valence-electron chi connectivity index (χ3n) is 5.31. The number of halogens is 1. The van der Waals surface area contributed by atoms with Crippen molar-refractivity contribution in [2.24, 2.45) is 0 Å². The predicted molar refractivity (Wildman–Crippen MR) is 108 cm³/mol. The predicted octanol–water partition coefficient (Wildman–Crippen LogP) is 2.12. The number of hydrogen-bond acceptors (Lipinski definition) is 5. The number of imide groups is 1. The fourth-order valence-electron chi connectivity index (χ4n) is 3.85.